The Hall–Kier alpha value is -2.06. The average molecular weight is 441 g/mol. The molecule has 0 N–H and O–H groups in total. The Bertz CT molecular complexity index is 838. The third-order valence-corrected chi connectivity index (χ3v) is 5.33. The Morgan fingerprint density at radius 2 is 1.53 bits per heavy atom. The van der Waals surface area contributed by atoms with Gasteiger partial charge in [-0.15, -0.1) is 0 Å². The highest BCUT2D eigenvalue weighted by atomic mass is 16.8. The van der Waals surface area contributed by atoms with Gasteiger partial charge in [-0.25, -0.2) is 0 Å². The predicted octanol–water partition coefficient (Wildman–Crippen LogP) is 4.24. The molecule has 1 fully saturated rings. The summed E-state index contributed by atoms with van der Waals surface area (Å²) < 4.78 is 35.6. The van der Waals surface area contributed by atoms with E-state index in [0.29, 0.717) is 33.0 Å². The number of hydrogen-bond acceptors (Lipinski definition) is 6. The average Bonchev–Trinajstić information content (AvgIpc) is 3.17. The molecule has 1 saturated heterocycles. The van der Waals surface area contributed by atoms with Crippen molar-refractivity contribution in [3.8, 4) is 0 Å². The van der Waals surface area contributed by atoms with E-state index in [1.54, 1.807) is 0 Å². The Morgan fingerprint density at radius 3 is 2.19 bits per heavy atom. The molecule has 0 saturated carbocycles. The van der Waals surface area contributed by atoms with Crippen LogP contribution in [0.5, 0.6) is 0 Å². The summed E-state index contributed by atoms with van der Waals surface area (Å²) in [5.74, 6) is -0.568. The molecule has 172 valence electrons. The molecule has 2 heterocycles. The maximum atomic E-state index is 6.18. The van der Waals surface area contributed by atoms with Crippen LogP contribution in [0.3, 0.4) is 0 Å². The zero-order valence-electron chi connectivity index (χ0n) is 18.7. The van der Waals surface area contributed by atoms with E-state index in [2.05, 4.69) is 0 Å². The Kier molecular flexibility index (Phi) is 8.08. The van der Waals surface area contributed by atoms with Gasteiger partial charge in [0.25, 0.3) is 0 Å². The molecule has 0 amide bonds. The SMILES string of the molecule is CC1(C)OCC(CO[C@@H]2C=C[C@H](OCc3ccccc3)[C@@H](COCc3ccccc3)O2)O1. The normalized spacial score (nSPS) is 26.9. The van der Waals surface area contributed by atoms with Gasteiger partial charge in [-0.1, -0.05) is 66.7 Å². The summed E-state index contributed by atoms with van der Waals surface area (Å²) in [4.78, 5) is 0. The molecule has 0 radical (unpaired) electrons. The van der Waals surface area contributed by atoms with Crippen LogP contribution in [-0.2, 0) is 41.6 Å². The van der Waals surface area contributed by atoms with Gasteiger partial charge in [-0.2, -0.15) is 0 Å². The van der Waals surface area contributed by atoms with Gasteiger partial charge in [0.05, 0.1) is 33.0 Å². The second kappa shape index (κ2) is 11.2. The zero-order chi connectivity index (χ0) is 22.2. The Morgan fingerprint density at radius 1 is 0.844 bits per heavy atom. The van der Waals surface area contributed by atoms with Gasteiger partial charge in [0, 0.05) is 0 Å². The lowest BCUT2D eigenvalue weighted by Gasteiger charge is -2.32. The minimum atomic E-state index is -0.568. The molecule has 0 aromatic heterocycles. The topological polar surface area (TPSA) is 55.4 Å². The summed E-state index contributed by atoms with van der Waals surface area (Å²) in [6.45, 7) is 6.12. The van der Waals surface area contributed by atoms with E-state index in [4.69, 9.17) is 28.4 Å². The fourth-order valence-corrected chi connectivity index (χ4v) is 3.69. The highest BCUT2D eigenvalue weighted by Gasteiger charge is 2.34. The lowest BCUT2D eigenvalue weighted by atomic mass is 10.1. The smallest absolute Gasteiger partial charge is 0.177 e. The van der Waals surface area contributed by atoms with Crippen molar-refractivity contribution in [2.24, 2.45) is 0 Å². The van der Waals surface area contributed by atoms with E-state index in [0.717, 1.165) is 11.1 Å². The van der Waals surface area contributed by atoms with Gasteiger partial charge in [0.1, 0.15) is 18.3 Å². The van der Waals surface area contributed by atoms with Crippen molar-refractivity contribution in [2.45, 2.75) is 57.5 Å². The molecule has 6 heteroatoms. The van der Waals surface area contributed by atoms with Gasteiger partial charge in [0.15, 0.2) is 12.1 Å². The third kappa shape index (κ3) is 6.97. The first-order valence-corrected chi connectivity index (χ1v) is 11.1. The predicted molar refractivity (Wildman–Crippen MR) is 120 cm³/mol. The van der Waals surface area contributed by atoms with Crippen LogP contribution < -0.4 is 0 Å². The zero-order valence-corrected chi connectivity index (χ0v) is 18.7. The van der Waals surface area contributed by atoms with Gasteiger partial charge in [-0.3, -0.25) is 0 Å². The summed E-state index contributed by atoms with van der Waals surface area (Å²) in [5.41, 5.74) is 2.23. The first-order valence-electron chi connectivity index (χ1n) is 11.1. The fourth-order valence-electron chi connectivity index (χ4n) is 3.69. The van der Waals surface area contributed by atoms with Crippen molar-refractivity contribution in [3.05, 3.63) is 83.9 Å². The van der Waals surface area contributed by atoms with Crippen LogP contribution in [0.25, 0.3) is 0 Å². The fraction of sp³-hybridized carbons (Fsp3) is 0.462. The molecular weight excluding hydrogens is 408 g/mol. The molecule has 0 spiro atoms. The highest BCUT2D eigenvalue weighted by molar-refractivity contribution is 5.14. The molecule has 1 unspecified atom stereocenters. The minimum Gasteiger partial charge on any atom is -0.374 e. The van der Waals surface area contributed by atoms with Gasteiger partial charge >= 0.3 is 0 Å². The summed E-state index contributed by atoms with van der Waals surface area (Å²) in [5, 5.41) is 0. The highest BCUT2D eigenvalue weighted by Crippen LogP contribution is 2.24. The van der Waals surface area contributed by atoms with E-state index < -0.39 is 12.1 Å². The molecule has 2 aliphatic rings. The van der Waals surface area contributed by atoms with Crippen LogP contribution in [0.1, 0.15) is 25.0 Å². The Balaban J connectivity index is 1.32. The van der Waals surface area contributed by atoms with E-state index in [1.165, 1.54) is 0 Å². The van der Waals surface area contributed by atoms with Crippen molar-refractivity contribution in [2.75, 3.05) is 19.8 Å². The van der Waals surface area contributed by atoms with Crippen molar-refractivity contribution in [1.29, 1.82) is 0 Å². The quantitative estimate of drug-likeness (QED) is 0.515. The van der Waals surface area contributed by atoms with Gasteiger partial charge < -0.3 is 28.4 Å². The molecule has 2 aliphatic heterocycles. The number of rotatable bonds is 10. The van der Waals surface area contributed by atoms with Crippen molar-refractivity contribution < 1.29 is 28.4 Å². The second-order valence-electron chi connectivity index (χ2n) is 8.47. The van der Waals surface area contributed by atoms with Crippen LogP contribution in [0.4, 0.5) is 0 Å². The summed E-state index contributed by atoms with van der Waals surface area (Å²) in [6.07, 6.45) is 2.80. The van der Waals surface area contributed by atoms with E-state index in [1.807, 2.05) is 86.7 Å². The van der Waals surface area contributed by atoms with Crippen LogP contribution in [0, 0.1) is 0 Å². The minimum absolute atomic E-state index is 0.109. The summed E-state index contributed by atoms with van der Waals surface area (Å²) in [6, 6.07) is 20.2. The molecule has 2 aromatic rings. The number of ether oxygens (including phenoxy) is 6. The van der Waals surface area contributed by atoms with E-state index in [9.17, 15) is 0 Å². The number of benzene rings is 2. The lowest BCUT2D eigenvalue weighted by Crippen LogP contribution is -2.41. The van der Waals surface area contributed by atoms with E-state index in [-0.39, 0.29) is 18.3 Å². The largest absolute Gasteiger partial charge is 0.374 e. The molecule has 4 atom stereocenters. The summed E-state index contributed by atoms with van der Waals surface area (Å²) in [7, 11) is 0. The number of hydrogen-bond donors (Lipinski definition) is 0. The molecule has 4 rings (SSSR count). The van der Waals surface area contributed by atoms with Crippen LogP contribution >= 0.6 is 0 Å². The van der Waals surface area contributed by atoms with Crippen molar-refractivity contribution in [1.82, 2.24) is 0 Å². The molecule has 32 heavy (non-hydrogen) atoms. The molecule has 2 aromatic carbocycles. The maximum Gasteiger partial charge on any atom is 0.177 e. The maximum absolute atomic E-state index is 6.18. The summed E-state index contributed by atoms with van der Waals surface area (Å²) >= 11 is 0. The second-order valence-corrected chi connectivity index (χ2v) is 8.47. The first-order chi connectivity index (χ1) is 15.6. The van der Waals surface area contributed by atoms with Crippen LogP contribution in [0.15, 0.2) is 72.8 Å². The van der Waals surface area contributed by atoms with Crippen LogP contribution in [-0.4, -0.2) is 50.2 Å². The molecular formula is C26H32O6. The third-order valence-electron chi connectivity index (χ3n) is 5.33. The first kappa shape index (κ1) is 23.1. The van der Waals surface area contributed by atoms with Gasteiger partial charge in [0.2, 0.25) is 0 Å². The van der Waals surface area contributed by atoms with Crippen LogP contribution in [0.2, 0.25) is 0 Å². The van der Waals surface area contributed by atoms with Gasteiger partial charge in [-0.05, 0) is 31.1 Å². The monoisotopic (exact) mass is 440 g/mol. The standard InChI is InChI=1S/C26H32O6/c1-26(2)30-18-22(32-26)17-29-25-14-13-23(28-16-21-11-7-4-8-12-21)24(31-25)19-27-15-20-9-5-3-6-10-20/h3-14,22-25H,15-19H2,1-2H3/t22?,23-,24+,25-/m0/s1. The lowest BCUT2D eigenvalue weighted by molar-refractivity contribution is -0.207. The van der Waals surface area contributed by atoms with Crippen molar-refractivity contribution >= 4 is 0 Å². The van der Waals surface area contributed by atoms with E-state index >= 15 is 0 Å². The molecule has 0 aliphatic carbocycles. The molecule has 0 bridgehead atoms. The van der Waals surface area contributed by atoms with Crippen molar-refractivity contribution in [3.63, 3.8) is 0 Å². The Labute approximate surface area is 190 Å². The molecule has 6 nitrogen and oxygen atoms in total.